The van der Waals surface area contributed by atoms with Gasteiger partial charge in [0.15, 0.2) is 0 Å². The Morgan fingerprint density at radius 1 is 0.500 bits per heavy atom. The molecule has 0 unspecified atom stereocenters. The van der Waals surface area contributed by atoms with Crippen LogP contribution >= 0.6 is 45.3 Å². The van der Waals surface area contributed by atoms with E-state index in [0.717, 1.165) is 21.3 Å². The molecule has 4 rings (SSSR count). The third-order valence-electron chi connectivity index (χ3n) is 5.49. The molecule has 0 bridgehead atoms. The van der Waals surface area contributed by atoms with Crippen molar-refractivity contribution >= 4 is 54.7 Å². The minimum absolute atomic E-state index is 0.447. The molecule has 0 atom stereocenters. The minimum atomic E-state index is 0.447. The SMILES string of the molecule is COCCOCCOCCOc1ccsc1-c1sc(-c2cc3sccc3s2)cc1OCCOCCOCCOC. The van der Waals surface area contributed by atoms with Crippen LogP contribution < -0.4 is 9.47 Å². The van der Waals surface area contributed by atoms with Crippen LogP contribution in [0.3, 0.4) is 0 Å². The van der Waals surface area contributed by atoms with E-state index in [1.54, 1.807) is 48.2 Å². The largest absolute Gasteiger partial charge is 0.490 e. The molecule has 0 aromatic carbocycles. The number of methoxy groups -OCH3 is 2. The fourth-order valence-corrected chi connectivity index (χ4v) is 7.85. The Bertz CT molecular complexity index is 1200. The zero-order chi connectivity index (χ0) is 27.8. The summed E-state index contributed by atoms with van der Waals surface area (Å²) >= 11 is 6.95. The van der Waals surface area contributed by atoms with E-state index >= 15 is 0 Å². The van der Waals surface area contributed by atoms with Gasteiger partial charge in [-0.3, -0.25) is 0 Å². The minimum Gasteiger partial charge on any atom is -0.490 e. The second kappa shape index (κ2) is 18.1. The lowest BCUT2D eigenvalue weighted by atomic mass is 10.3. The summed E-state index contributed by atoms with van der Waals surface area (Å²) < 4.78 is 47.1. The first kappa shape index (κ1) is 31.4. The summed E-state index contributed by atoms with van der Waals surface area (Å²) in [5.41, 5.74) is 0. The lowest BCUT2D eigenvalue weighted by Gasteiger charge is -2.10. The van der Waals surface area contributed by atoms with Crippen LogP contribution in [0.25, 0.3) is 28.9 Å². The van der Waals surface area contributed by atoms with Gasteiger partial charge in [0.25, 0.3) is 0 Å². The van der Waals surface area contributed by atoms with E-state index in [1.807, 2.05) is 22.8 Å². The molecule has 12 heteroatoms. The first-order chi connectivity index (χ1) is 19.8. The molecule has 0 aliphatic rings. The monoisotopic (exact) mass is 628 g/mol. The molecule has 0 aliphatic heterocycles. The fourth-order valence-electron chi connectivity index (χ4n) is 3.57. The van der Waals surface area contributed by atoms with Crippen LogP contribution in [0.5, 0.6) is 11.5 Å². The van der Waals surface area contributed by atoms with Crippen molar-refractivity contribution in [2.75, 3.05) is 93.5 Å². The number of hydrogen-bond acceptors (Lipinski definition) is 12. The van der Waals surface area contributed by atoms with Crippen LogP contribution in [0.1, 0.15) is 0 Å². The van der Waals surface area contributed by atoms with Crippen LogP contribution in [0.4, 0.5) is 0 Å². The van der Waals surface area contributed by atoms with Gasteiger partial charge >= 0.3 is 0 Å². The Labute approximate surface area is 251 Å². The summed E-state index contributed by atoms with van der Waals surface area (Å²) in [7, 11) is 3.32. The Balaban J connectivity index is 1.34. The van der Waals surface area contributed by atoms with Crippen molar-refractivity contribution < 1.29 is 37.9 Å². The van der Waals surface area contributed by atoms with Gasteiger partial charge in [-0.1, -0.05) is 0 Å². The molecule has 0 saturated carbocycles. The number of thiophene rings is 4. The van der Waals surface area contributed by atoms with E-state index in [-0.39, 0.29) is 0 Å². The van der Waals surface area contributed by atoms with Crippen LogP contribution in [0.2, 0.25) is 0 Å². The maximum absolute atomic E-state index is 6.25. The van der Waals surface area contributed by atoms with E-state index in [4.69, 9.17) is 37.9 Å². The molecule has 220 valence electrons. The lowest BCUT2D eigenvalue weighted by Crippen LogP contribution is -2.12. The maximum Gasteiger partial charge on any atom is 0.139 e. The van der Waals surface area contributed by atoms with Gasteiger partial charge in [0.05, 0.1) is 75.8 Å². The highest BCUT2D eigenvalue weighted by molar-refractivity contribution is 7.31. The molecule has 0 saturated heterocycles. The van der Waals surface area contributed by atoms with E-state index in [2.05, 4.69) is 23.6 Å². The molecule has 0 aliphatic carbocycles. The average molecular weight is 629 g/mol. The van der Waals surface area contributed by atoms with E-state index < -0.39 is 0 Å². The molecule has 0 fully saturated rings. The van der Waals surface area contributed by atoms with Crippen LogP contribution in [0, 0.1) is 0 Å². The van der Waals surface area contributed by atoms with E-state index in [0.29, 0.717) is 79.3 Å². The normalized spacial score (nSPS) is 11.6. The van der Waals surface area contributed by atoms with Crippen LogP contribution in [0.15, 0.2) is 35.0 Å². The Kier molecular flexibility index (Phi) is 14.2. The molecule has 4 heterocycles. The zero-order valence-electron chi connectivity index (χ0n) is 22.8. The predicted molar refractivity (Wildman–Crippen MR) is 164 cm³/mol. The highest BCUT2D eigenvalue weighted by Crippen LogP contribution is 2.50. The van der Waals surface area contributed by atoms with Gasteiger partial charge in [-0.2, -0.15) is 0 Å². The molecule has 4 aromatic heterocycles. The quantitative estimate of drug-likeness (QED) is 0.0910. The fraction of sp³-hybridized carbons (Fsp3) is 0.500. The van der Waals surface area contributed by atoms with Crippen molar-refractivity contribution in [3.05, 3.63) is 35.0 Å². The smallest absolute Gasteiger partial charge is 0.139 e. The van der Waals surface area contributed by atoms with Crippen molar-refractivity contribution in [2.45, 2.75) is 0 Å². The molecule has 0 N–H and O–H groups in total. The van der Waals surface area contributed by atoms with Gasteiger partial charge in [0.2, 0.25) is 0 Å². The molecular formula is C28H36O8S4. The van der Waals surface area contributed by atoms with E-state index in [1.165, 1.54) is 19.2 Å². The standard InChI is InChI=1S/C28H36O8S4/c1-29-5-7-31-9-11-33-13-15-35-21-3-17-38-27(21)28-22(36-16-14-34-12-10-32-8-6-30-2)19-25(40-28)26-20-24-23(39-26)4-18-37-24/h3-4,17-20H,5-16H2,1-2H3. The second-order valence-electron chi connectivity index (χ2n) is 8.31. The van der Waals surface area contributed by atoms with Crippen LogP contribution in [-0.4, -0.2) is 93.5 Å². The lowest BCUT2D eigenvalue weighted by molar-refractivity contribution is 0.0179. The molecular weight excluding hydrogens is 593 g/mol. The third kappa shape index (κ3) is 9.76. The molecule has 0 radical (unpaired) electrons. The summed E-state index contributed by atoms with van der Waals surface area (Å²) in [4.78, 5) is 4.54. The summed E-state index contributed by atoms with van der Waals surface area (Å²) in [6.45, 7) is 6.29. The Morgan fingerprint density at radius 3 is 1.68 bits per heavy atom. The summed E-state index contributed by atoms with van der Waals surface area (Å²) in [6, 6.07) is 8.58. The Morgan fingerprint density at radius 2 is 1.05 bits per heavy atom. The van der Waals surface area contributed by atoms with Crippen molar-refractivity contribution in [1.29, 1.82) is 0 Å². The van der Waals surface area contributed by atoms with Gasteiger partial charge in [0, 0.05) is 39.4 Å². The van der Waals surface area contributed by atoms with Gasteiger partial charge in [0.1, 0.15) is 24.7 Å². The van der Waals surface area contributed by atoms with Crippen molar-refractivity contribution in [1.82, 2.24) is 0 Å². The number of hydrogen-bond donors (Lipinski definition) is 0. The average Bonchev–Trinajstić information content (AvgIpc) is 3.75. The van der Waals surface area contributed by atoms with Crippen molar-refractivity contribution in [3.63, 3.8) is 0 Å². The van der Waals surface area contributed by atoms with Gasteiger partial charge < -0.3 is 37.9 Å². The molecule has 4 aromatic rings. The van der Waals surface area contributed by atoms with Gasteiger partial charge in [-0.15, -0.1) is 45.3 Å². The highest BCUT2D eigenvalue weighted by Gasteiger charge is 2.20. The van der Waals surface area contributed by atoms with Crippen molar-refractivity contribution in [3.8, 4) is 31.0 Å². The number of ether oxygens (including phenoxy) is 8. The van der Waals surface area contributed by atoms with Gasteiger partial charge in [-0.25, -0.2) is 0 Å². The van der Waals surface area contributed by atoms with Crippen LogP contribution in [-0.2, 0) is 28.4 Å². The number of rotatable bonds is 22. The summed E-state index contributed by atoms with van der Waals surface area (Å²) in [5.74, 6) is 1.67. The first-order valence-corrected chi connectivity index (χ1v) is 16.4. The molecule has 0 spiro atoms. The maximum atomic E-state index is 6.25. The Hall–Kier alpha value is -1.58. The molecule has 0 amide bonds. The zero-order valence-corrected chi connectivity index (χ0v) is 26.1. The summed E-state index contributed by atoms with van der Waals surface area (Å²) in [5, 5.41) is 4.18. The number of fused-ring (bicyclic) bond motifs is 1. The topological polar surface area (TPSA) is 73.8 Å². The highest BCUT2D eigenvalue weighted by atomic mass is 32.1. The third-order valence-corrected chi connectivity index (χ3v) is 9.96. The summed E-state index contributed by atoms with van der Waals surface area (Å²) in [6.07, 6.45) is 0. The van der Waals surface area contributed by atoms with E-state index in [9.17, 15) is 0 Å². The van der Waals surface area contributed by atoms with Gasteiger partial charge in [-0.05, 0) is 29.0 Å². The molecule has 8 nitrogen and oxygen atoms in total. The first-order valence-electron chi connectivity index (χ1n) is 13.0. The second-order valence-corrected chi connectivity index (χ2v) is 12.3. The van der Waals surface area contributed by atoms with Crippen molar-refractivity contribution in [2.24, 2.45) is 0 Å². The predicted octanol–water partition coefficient (Wildman–Crippen LogP) is 6.54. The molecule has 40 heavy (non-hydrogen) atoms.